The number of anilines is 2. The number of ether oxygens (including phenoxy) is 2. The number of benzene rings is 1. The van der Waals surface area contributed by atoms with Gasteiger partial charge < -0.3 is 20.1 Å². The molecule has 19 heavy (non-hydrogen) atoms. The zero-order valence-corrected chi connectivity index (χ0v) is 10.9. The molecule has 2 aromatic rings. The summed E-state index contributed by atoms with van der Waals surface area (Å²) in [5.41, 5.74) is 8.80. The molecule has 6 heteroatoms. The van der Waals surface area contributed by atoms with E-state index in [0.717, 1.165) is 28.4 Å². The highest BCUT2D eigenvalue weighted by Crippen LogP contribution is 2.38. The minimum atomic E-state index is 0.291. The zero-order valence-electron chi connectivity index (χ0n) is 10.9. The zero-order chi connectivity index (χ0) is 13.4. The van der Waals surface area contributed by atoms with Gasteiger partial charge in [0.2, 0.25) is 6.79 Å². The predicted molar refractivity (Wildman–Crippen MR) is 72.4 cm³/mol. The van der Waals surface area contributed by atoms with Crippen LogP contribution in [0.3, 0.4) is 0 Å². The Labute approximate surface area is 111 Å². The molecular formula is C13H16N4O2. The molecular weight excluding hydrogens is 244 g/mol. The van der Waals surface area contributed by atoms with Gasteiger partial charge >= 0.3 is 0 Å². The van der Waals surface area contributed by atoms with E-state index >= 15 is 0 Å². The van der Waals surface area contributed by atoms with Crippen molar-refractivity contribution in [1.82, 2.24) is 10.2 Å². The van der Waals surface area contributed by atoms with Gasteiger partial charge in [0.25, 0.3) is 0 Å². The quantitative estimate of drug-likeness (QED) is 0.877. The molecule has 0 bridgehead atoms. The summed E-state index contributed by atoms with van der Waals surface area (Å²) in [5, 5.41) is 6.83. The summed E-state index contributed by atoms with van der Waals surface area (Å²) in [7, 11) is 2.02. The number of H-pyrrole nitrogens is 1. The summed E-state index contributed by atoms with van der Waals surface area (Å²) in [6, 6.07) is 5.83. The third kappa shape index (κ3) is 2.16. The predicted octanol–water partition coefficient (Wildman–Crippen LogP) is 1.67. The fraction of sp³-hybridized carbons (Fsp3) is 0.308. The summed E-state index contributed by atoms with van der Waals surface area (Å²) in [6.07, 6.45) is 0. The number of nitrogens with two attached hydrogens (primary N) is 1. The first-order valence-electron chi connectivity index (χ1n) is 6.04. The largest absolute Gasteiger partial charge is 0.454 e. The first kappa shape index (κ1) is 11.7. The van der Waals surface area contributed by atoms with E-state index in [1.54, 1.807) is 0 Å². The van der Waals surface area contributed by atoms with Gasteiger partial charge in [-0.05, 0) is 18.6 Å². The first-order chi connectivity index (χ1) is 9.13. The highest BCUT2D eigenvalue weighted by atomic mass is 16.7. The van der Waals surface area contributed by atoms with Crippen molar-refractivity contribution < 1.29 is 9.47 Å². The average Bonchev–Trinajstić information content (AvgIpc) is 2.96. The molecule has 3 N–H and O–H groups in total. The minimum absolute atomic E-state index is 0.291. The van der Waals surface area contributed by atoms with Crippen LogP contribution in [0, 0.1) is 6.92 Å². The molecule has 6 nitrogen and oxygen atoms in total. The number of aromatic nitrogens is 2. The summed E-state index contributed by atoms with van der Waals surface area (Å²) in [4.78, 5) is 2.12. The molecule has 0 amide bonds. The average molecular weight is 260 g/mol. The van der Waals surface area contributed by atoms with Crippen LogP contribution in [-0.4, -0.2) is 24.0 Å². The van der Waals surface area contributed by atoms with Crippen molar-refractivity contribution in [2.45, 2.75) is 13.5 Å². The Balaban J connectivity index is 1.85. The fourth-order valence-corrected chi connectivity index (χ4v) is 2.25. The Morgan fingerprint density at radius 1 is 1.32 bits per heavy atom. The summed E-state index contributed by atoms with van der Waals surface area (Å²) in [5.74, 6) is 2.10. The maximum absolute atomic E-state index is 5.60. The molecule has 0 saturated heterocycles. The summed E-state index contributed by atoms with van der Waals surface area (Å²) >= 11 is 0. The maximum atomic E-state index is 5.60. The number of hydrogen-bond donors (Lipinski definition) is 2. The number of rotatable bonds is 3. The molecule has 0 aliphatic carbocycles. The van der Waals surface area contributed by atoms with Crippen LogP contribution < -0.4 is 20.1 Å². The monoisotopic (exact) mass is 260 g/mol. The van der Waals surface area contributed by atoms with Gasteiger partial charge in [-0.15, -0.1) is 0 Å². The van der Waals surface area contributed by atoms with Crippen molar-refractivity contribution in [3.8, 4) is 11.5 Å². The van der Waals surface area contributed by atoms with Crippen LogP contribution >= 0.6 is 0 Å². The van der Waals surface area contributed by atoms with Crippen molar-refractivity contribution in [3.63, 3.8) is 0 Å². The molecule has 1 aromatic heterocycles. The topological polar surface area (TPSA) is 76.4 Å². The second-order valence-electron chi connectivity index (χ2n) is 4.67. The molecule has 100 valence electrons. The van der Waals surface area contributed by atoms with Crippen LogP contribution in [0.2, 0.25) is 0 Å². The number of nitrogens with one attached hydrogen (secondary N) is 1. The van der Waals surface area contributed by atoms with Crippen LogP contribution in [0.4, 0.5) is 11.5 Å². The van der Waals surface area contributed by atoms with E-state index in [9.17, 15) is 0 Å². The third-order valence-corrected chi connectivity index (χ3v) is 3.16. The number of nitrogens with zero attached hydrogens (tertiary/aromatic N) is 2. The van der Waals surface area contributed by atoms with E-state index < -0.39 is 0 Å². The van der Waals surface area contributed by atoms with Gasteiger partial charge in [-0.1, -0.05) is 0 Å². The number of aromatic amines is 1. The van der Waals surface area contributed by atoms with Gasteiger partial charge in [0.15, 0.2) is 11.5 Å². The molecule has 1 aromatic carbocycles. The van der Waals surface area contributed by atoms with Crippen LogP contribution in [0.25, 0.3) is 0 Å². The van der Waals surface area contributed by atoms with E-state index in [4.69, 9.17) is 15.2 Å². The lowest BCUT2D eigenvalue weighted by molar-refractivity contribution is 0.174. The van der Waals surface area contributed by atoms with Crippen LogP contribution in [0.5, 0.6) is 11.5 Å². The maximum Gasteiger partial charge on any atom is 0.231 e. The van der Waals surface area contributed by atoms with Gasteiger partial charge in [0.1, 0.15) is 5.82 Å². The smallest absolute Gasteiger partial charge is 0.231 e. The van der Waals surface area contributed by atoms with Gasteiger partial charge in [-0.25, -0.2) is 0 Å². The van der Waals surface area contributed by atoms with E-state index in [-0.39, 0.29) is 0 Å². The van der Waals surface area contributed by atoms with Gasteiger partial charge in [0, 0.05) is 24.9 Å². The number of aryl methyl sites for hydroxylation is 1. The van der Waals surface area contributed by atoms with Crippen molar-refractivity contribution >= 4 is 11.5 Å². The summed E-state index contributed by atoms with van der Waals surface area (Å²) < 4.78 is 10.8. The lowest BCUT2D eigenvalue weighted by Crippen LogP contribution is -2.17. The number of nitrogen functional groups attached to an aromatic ring is 1. The Hall–Kier alpha value is -2.37. The normalized spacial score (nSPS) is 12.7. The third-order valence-electron chi connectivity index (χ3n) is 3.16. The fourth-order valence-electron chi connectivity index (χ4n) is 2.25. The molecule has 2 heterocycles. The highest BCUT2D eigenvalue weighted by Gasteiger charge is 2.17. The molecule has 0 atom stereocenters. The van der Waals surface area contributed by atoms with Gasteiger partial charge in [-0.3, -0.25) is 5.10 Å². The minimum Gasteiger partial charge on any atom is -0.454 e. The molecule has 3 rings (SSSR count). The first-order valence-corrected chi connectivity index (χ1v) is 6.04. The number of fused-ring (bicyclic) bond motifs is 1. The van der Waals surface area contributed by atoms with Crippen LogP contribution in [-0.2, 0) is 6.54 Å². The SMILES string of the molecule is Cc1cc2c(cc1N(C)Cc1cc(N)n[nH]1)OCO2. The second-order valence-corrected chi connectivity index (χ2v) is 4.67. The Morgan fingerprint density at radius 3 is 2.74 bits per heavy atom. The molecule has 0 fully saturated rings. The van der Waals surface area contributed by atoms with E-state index in [2.05, 4.69) is 22.0 Å². The van der Waals surface area contributed by atoms with Crippen LogP contribution in [0.15, 0.2) is 18.2 Å². The standard InChI is InChI=1S/C13H16N4O2/c1-8-3-11-12(19-7-18-11)5-10(8)17(2)6-9-4-13(14)16-15-9/h3-5H,6-7H2,1-2H3,(H3,14,15,16). The van der Waals surface area contributed by atoms with Gasteiger partial charge in [0.05, 0.1) is 12.2 Å². The Bertz CT molecular complexity index is 609. The molecule has 1 aliphatic heterocycles. The van der Waals surface area contributed by atoms with Gasteiger partial charge in [-0.2, -0.15) is 5.10 Å². The Morgan fingerprint density at radius 2 is 2.05 bits per heavy atom. The van der Waals surface area contributed by atoms with Crippen LogP contribution in [0.1, 0.15) is 11.3 Å². The number of hydrogen-bond acceptors (Lipinski definition) is 5. The summed E-state index contributed by atoms with van der Waals surface area (Å²) in [6.45, 7) is 3.04. The Kier molecular flexibility index (Phi) is 2.70. The highest BCUT2D eigenvalue weighted by molar-refractivity contribution is 5.62. The van der Waals surface area contributed by atoms with Crippen molar-refractivity contribution in [3.05, 3.63) is 29.5 Å². The van der Waals surface area contributed by atoms with E-state index in [0.29, 0.717) is 19.2 Å². The molecule has 0 spiro atoms. The lowest BCUT2D eigenvalue weighted by Gasteiger charge is -2.21. The molecule has 0 unspecified atom stereocenters. The molecule has 0 saturated carbocycles. The van der Waals surface area contributed by atoms with Crippen molar-refractivity contribution in [2.75, 3.05) is 24.5 Å². The van der Waals surface area contributed by atoms with E-state index in [1.165, 1.54) is 0 Å². The van der Waals surface area contributed by atoms with Crippen molar-refractivity contribution in [1.29, 1.82) is 0 Å². The second kappa shape index (κ2) is 4.38. The van der Waals surface area contributed by atoms with E-state index in [1.807, 2.05) is 25.2 Å². The molecule has 0 radical (unpaired) electrons. The van der Waals surface area contributed by atoms with Crippen molar-refractivity contribution in [2.24, 2.45) is 0 Å². The lowest BCUT2D eigenvalue weighted by atomic mass is 10.1. The molecule has 1 aliphatic rings.